The zero-order valence-electron chi connectivity index (χ0n) is 12.0. The second kappa shape index (κ2) is 6.61. The molecule has 0 unspecified atom stereocenters. The van der Waals surface area contributed by atoms with E-state index in [1.165, 1.54) is 0 Å². The van der Waals surface area contributed by atoms with Crippen LogP contribution in [0.2, 0.25) is 0 Å². The molecule has 0 saturated carbocycles. The normalized spacial score (nSPS) is 10.6. The van der Waals surface area contributed by atoms with Crippen molar-refractivity contribution in [3.63, 3.8) is 0 Å². The zero-order chi connectivity index (χ0) is 14.5. The molecule has 1 N–H and O–H groups in total. The Labute approximate surface area is 123 Å². The Kier molecular flexibility index (Phi) is 4.84. The predicted octanol–water partition coefficient (Wildman–Crippen LogP) is 3.42. The molecule has 0 amide bonds. The fourth-order valence-corrected chi connectivity index (χ4v) is 2.70. The minimum absolute atomic E-state index is 0.200. The summed E-state index contributed by atoms with van der Waals surface area (Å²) in [4.78, 5) is 12.0. The standard InChI is InChI=1S/C15H19N3OS/c1-4-9-20-13-10-16-14(17-15(13)18(2)3)11-7-5-6-8-12(11)19/h5-8,10,19H,4,9H2,1-3H3. The number of anilines is 1. The number of hydrogen-bond acceptors (Lipinski definition) is 5. The van der Waals surface area contributed by atoms with E-state index in [1.54, 1.807) is 23.9 Å². The summed E-state index contributed by atoms with van der Waals surface area (Å²) in [5.41, 5.74) is 0.655. The first-order chi connectivity index (χ1) is 9.63. The van der Waals surface area contributed by atoms with E-state index in [0.717, 1.165) is 22.9 Å². The fraction of sp³-hybridized carbons (Fsp3) is 0.333. The molecular formula is C15H19N3OS. The summed E-state index contributed by atoms with van der Waals surface area (Å²) in [5, 5.41) is 9.91. The number of para-hydroxylation sites is 1. The number of aromatic nitrogens is 2. The molecule has 1 aromatic heterocycles. The van der Waals surface area contributed by atoms with Crippen LogP contribution in [0.1, 0.15) is 13.3 Å². The van der Waals surface area contributed by atoms with Gasteiger partial charge in [-0.25, -0.2) is 9.97 Å². The van der Waals surface area contributed by atoms with Crippen molar-refractivity contribution in [3.05, 3.63) is 30.5 Å². The van der Waals surface area contributed by atoms with Gasteiger partial charge in [-0.1, -0.05) is 19.1 Å². The molecule has 1 heterocycles. The minimum Gasteiger partial charge on any atom is -0.507 e. The largest absolute Gasteiger partial charge is 0.507 e. The summed E-state index contributed by atoms with van der Waals surface area (Å²) in [6, 6.07) is 7.13. The number of rotatable bonds is 5. The van der Waals surface area contributed by atoms with Gasteiger partial charge in [0.25, 0.3) is 0 Å². The van der Waals surface area contributed by atoms with Gasteiger partial charge in [0.15, 0.2) is 5.82 Å². The molecule has 0 atom stereocenters. The number of nitrogens with zero attached hydrogens (tertiary/aromatic N) is 3. The summed E-state index contributed by atoms with van der Waals surface area (Å²) >= 11 is 1.75. The molecule has 0 aliphatic rings. The van der Waals surface area contributed by atoms with Crippen LogP contribution in [0, 0.1) is 0 Å². The summed E-state index contributed by atoms with van der Waals surface area (Å²) in [7, 11) is 3.93. The first-order valence-electron chi connectivity index (χ1n) is 6.59. The van der Waals surface area contributed by atoms with Gasteiger partial charge in [0, 0.05) is 20.3 Å². The summed E-state index contributed by atoms with van der Waals surface area (Å²) < 4.78 is 0. The Morgan fingerprint density at radius 3 is 2.65 bits per heavy atom. The lowest BCUT2D eigenvalue weighted by atomic mass is 10.2. The van der Waals surface area contributed by atoms with Crippen molar-refractivity contribution in [3.8, 4) is 17.1 Å². The smallest absolute Gasteiger partial charge is 0.165 e. The van der Waals surface area contributed by atoms with Crippen molar-refractivity contribution < 1.29 is 5.11 Å². The topological polar surface area (TPSA) is 49.3 Å². The van der Waals surface area contributed by atoms with E-state index in [-0.39, 0.29) is 5.75 Å². The molecule has 0 saturated heterocycles. The Morgan fingerprint density at radius 2 is 2.00 bits per heavy atom. The van der Waals surface area contributed by atoms with Gasteiger partial charge in [-0.3, -0.25) is 0 Å². The molecule has 0 radical (unpaired) electrons. The van der Waals surface area contributed by atoms with Crippen molar-refractivity contribution in [2.75, 3.05) is 24.7 Å². The molecule has 106 valence electrons. The third-order valence-electron chi connectivity index (χ3n) is 2.77. The van der Waals surface area contributed by atoms with E-state index in [0.29, 0.717) is 11.4 Å². The lowest BCUT2D eigenvalue weighted by Crippen LogP contribution is -2.13. The average molecular weight is 289 g/mol. The van der Waals surface area contributed by atoms with Crippen LogP contribution in [0.3, 0.4) is 0 Å². The number of benzene rings is 1. The number of aromatic hydroxyl groups is 1. The van der Waals surface area contributed by atoms with Gasteiger partial charge < -0.3 is 10.0 Å². The zero-order valence-corrected chi connectivity index (χ0v) is 12.8. The third kappa shape index (κ3) is 3.22. The fourth-order valence-electron chi connectivity index (χ4n) is 1.79. The van der Waals surface area contributed by atoms with Crippen LogP contribution < -0.4 is 4.90 Å². The summed E-state index contributed by atoms with van der Waals surface area (Å²) in [6.45, 7) is 2.15. The maximum absolute atomic E-state index is 9.91. The van der Waals surface area contributed by atoms with Gasteiger partial charge >= 0.3 is 0 Å². The van der Waals surface area contributed by atoms with E-state index in [4.69, 9.17) is 0 Å². The highest BCUT2D eigenvalue weighted by Crippen LogP contribution is 2.31. The molecule has 1 aromatic carbocycles. The van der Waals surface area contributed by atoms with E-state index >= 15 is 0 Å². The molecule has 0 aliphatic carbocycles. The highest BCUT2D eigenvalue weighted by atomic mass is 32.2. The summed E-state index contributed by atoms with van der Waals surface area (Å²) in [5.74, 6) is 2.68. The molecule has 5 heteroatoms. The van der Waals surface area contributed by atoms with E-state index in [2.05, 4.69) is 16.9 Å². The highest BCUT2D eigenvalue weighted by Gasteiger charge is 2.12. The van der Waals surface area contributed by atoms with Crippen LogP contribution in [-0.4, -0.2) is 34.9 Å². The number of phenols is 1. The van der Waals surface area contributed by atoms with Crippen LogP contribution in [0.5, 0.6) is 5.75 Å². The molecule has 0 fully saturated rings. The van der Waals surface area contributed by atoms with Crippen molar-refractivity contribution in [2.45, 2.75) is 18.2 Å². The van der Waals surface area contributed by atoms with Crippen molar-refractivity contribution in [2.24, 2.45) is 0 Å². The maximum atomic E-state index is 9.91. The second-order valence-corrected chi connectivity index (χ2v) is 5.78. The molecule has 0 spiro atoms. The van der Waals surface area contributed by atoms with Crippen LogP contribution in [-0.2, 0) is 0 Å². The van der Waals surface area contributed by atoms with Crippen LogP contribution >= 0.6 is 11.8 Å². The quantitative estimate of drug-likeness (QED) is 0.855. The molecule has 2 aromatic rings. The van der Waals surface area contributed by atoms with Gasteiger partial charge in [-0.15, -0.1) is 11.8 Å². The number of hydrogen-bond donors (Lipinski definition) is 1. The van der Waals surface area contributed by atoms with Gasteiger partial charge in [-0.05, 0) is 24.3 Å². The highest BCUT2D eigenvalue weighted by molar-refractivity contribution is 7.99. The number of phenolic OH excluding ortho intramolecular Hbond substituents is 1. The predicted molar refractivity (Wildman–Crippen MR) is 84.5 cm³/mol. The van der Waals surface area contributed by atoms with Crippen molar-refractivity contribution in [1.82, 2.24) is 9.97 Å². The summed E-state index contributed by atoms with van der Waals surface area (Å²) in [6.07, 6.45) is 2.95. The van der Waals surface area contributed by atoms with E-state index < -0.39 is 0 Å². The number of thioether (sulfide) groups is 1. The van der Waals surface area contributed by atoms with Crippen LogP contribution in [0.25, 0.3) is 11.4 Å². The van der Waals surface area contributed by atoms with E-state index in [9.17, 15) is 5.11 Å². The molecular weight excluding hydrogens is 270 g/mol. The lowest BCUT2D eigenvalue weighted by molar-refractivity contribution is 0.477. The molecule has 0 aliphatic heterocycles. The van der Waals surface area contributed by atoms with Crippen molar-refractivity contribution in [1.29, 1.82) is 0 Å². The van der Waals surface area contributed by atoms with Crippen molar-refractivity contribution >= 4 is 17.6 Å². The minimum atomic E-state index is 0.200. The molecule has 0 bridgehead atoms. The second-order valence-electron chi connectivity index (χ2n) is 4.64. The van der Waals surface area contributed by atoms with Gasteiger partial charge in [0.05, 0.1) is 10.5 Å². The molecule has 2 rings (SSSR count). The Morgan fingerprint density at radius 1 is 1.25 bits per heavy atom. The Bertz CT molecular complexity index is 587. The monoisotopic (exact) mass is 289 g/mol. The van der Waals surface area contributed by atoms with Crippen LogP contribution in [0.15, 0.2) is 35.4 Å². The third-order valence-corrected chi connectivity index (χ3v) is 3.98. The SMILES string of the molecule is CCCSc1cnc(-c2ccccc2O)nc1N(C)C. The van der Waals surface area contributed by atoms with E-state index in [1.807, 2.05) is 37.3 Å². The van der Waals surface area contributed by atoms with Gasteiger partial charge in [-0.2, -0.15) is 0 Å². The first kappa shape index (κ1) is 14.7. The molecule has 4 nitrogen and oxygen atoms in total. The maximum Gasteiger partial charge on any atom is 0.165 e. The van der Waals surface area contributed by atoms with Crippen LogP contribution in [0.4, 0.5) is 5.82 Å². The molecule has 20 heavy (non-hydrogen) atoms. The lowest BCUT2D eigenvalue weighted by Gasteiger charge is -2.16. The van der Waals surface area contributed by atoms with Gasteiger partial charge in [0.2, 0.25) is 0 Å². The van der Waals surface area contributed by atoms with Gasteiger partial charge in [0.1, 0.15) is 11.6 Å². The average Bonchev–Trinajstić information content (AvgIpc) is 2.45. The Hall–Kier alpha value is -1.75. The first-order valence-corrected chi connectivity index (χ1v) is 7.57. The Balaban J connectivity index is 2.42.